The number of hydrogen-bond acceptors (Lipinski definition) is 4. The van der Waals surface area contributed by atoms with Gasteiger partial charge in [0.15, 0.2) is 10.9 Å². The van der Waals surface area contributed by atoms with Crippen LogP contribution in [0.1, 0.15) is 41.6 Å². The predicted octanol–water partition coefficient (Wildman–Crippen LogP) is 5.09. The van der Waals surface area contributed by atoms with Gasteiger partial charge in [0, 0.05) is 10.9 Å². The van der Waals surface area contributed by atoms with Crippen LogP contribution in [0.2, 0.25) is 0 Å². The van der Waals surface area contributed by atoms with Crippen molar-refractivity contribution >= 4 is 22.4 Å². The first-order chi connectivity index (χ1) is 11.0. The average Bonchev–Trinajstić information content (AvgIpc) is 3.16. The van der Waals surface area contributed by atoms with Crippen LogP contribution in [-0.4, -0.2) is 10.9 Å². The maximum Gasteiger partial charge on any atom is 0.293 e. The molecule has 0 spiro atoms. The Morgan fingerprint density at radius 3 is 2.52 bits per heavy atom. The number of thiazole rings is 1. The monoisotopic (exact) mass is 326 g/mol. The Morgan fingerprint density at radius 1 is 1.17 bits per heavy atom. The van der Waals surface area contributed by atoms with E-state index in [1.54, 1.807) is 19.1 Å². The number of anilines is 1. The number of amides is 1. The highest BCUT2D eigenvalue weighted by atomic mass is 32.1. The van der Waals surface area contributed by atoms with Gasteiger partial charge < -0.3 is 4.42 Å². The number of furan rings is 1. The summed E-state index contributed by atoms with van der Waals surface area (Å²) in [7, 11) is 0. The zero-order chi connectivity index (χ0) is 16.4. The molecule has 0 bridgehead atoms. The predicted molar refractivity (Wildman–Crippen MR) is 93.0 cm³/mol. The molecule has 0 saturated heterocycles. The summed E-state index contributed by atoms with van der Waals surface area (Å²) in [4.78, 5) is 16.5. The molecule has 5 heteroatoms. The van der Waals surface area contributed by atoms with Crippen LogP contribution in [0.4, 0.5) is 5.13 Å². The number of aryl methyl sites for hydroxylation is 1. The van der Waals surface area contributed by atoms with Gasteiger partial charge in [-0.1, -0.05) is 38.1 Å². The minimum Gasteiger partial charge on any atom is -0.456 e. The first kappa shape index (κ1) is 15.5. The second-order valence-electron chi connectivity index (χ2n) is 5.68. The normalized spacial score (nSPS) is 11.0. The highest BCUT2D eigenvalue weighted by Gasteiger charge is 2.13. The van der Waals surface area contributed by atoms with Crippen LogP contribution in [0.25, 0.3) is 11.3 Å². The van der Waals surface area contributed by atoms with Gasteiger partial charge in [0.25, 0.3) is 5.91 Å². The Labute approximate surface area is 139 Å². The van der Waals surface area contributed by atoms with E-state index in [9.17, 15) is 4.79 Å². The van der Waals surface area contributed by atoms with E-state index >= 15 is 0 Å². The molecule has 0 atom stereocenters. The lowest BCUT2D eigenvalue weighted by Crippen LogP contribution is -2.10. The van der Waals surface area contributed by atoms with Crippen LogP contribution in [0.5, 0.6) is 0 Å². The summed E-state index contributed by atoms with van der Waals surface area (Å²) in [6.07, 6.45) is 0. The molecule has 118 valence electrons. The summed E-state index contributed by atoms with van der Waals surface area (Å²) in [5.41, 5.74) is 3.20. The van der Waals surface area contributed by atoms with E-state index in [2.05, 4.69) is 48.4 Å². The van der Waals surface area contributed by atoms with Crippen LogP contribution < -0.4 is 5.32 Å². The van der Waals surface area contributed by atoms with Crippen LogP contribution in [0.15, 0.2) is 46.2 Å². The molecule has 0 saturated carbocycles. The molecular formula is C18H18N2O2S. The smallest absolute Gasteiger partial charge is 0.293 e. The number of aromatic nitrogens is 1. The molecule has 23 heavy (non-hydrogen) atoms. The number of benzene rings is 1. The summed E-state index contributed by atoms with van der Waals surface area (Å²) in [6.45, 7) is 6.14. The van der Waals surface area contributed by atoms with Gasteiger partial charge in [-0.15, -0.1) is 11.3 Å². The van der Waals surface area contributed by atoms with Gasteiger partial charge in [0.1, 0.15) is 5.76 Å². The summed E-state index contributed by atoms with van der Waals surface area (Å²) in [5.74, 6) is 1.22. The molecule has 2 aromatic heterocycles. The number of carbonyl (C=O) groups excluding carboxylic acids is 1. The summed E-state index contributed by atoms with van der Waals surface area (Å²) < 4.78 is 5.31. The Morgan fingerprint density at radius 2 is 1.91 bits per heavy atom. The van der Waals surface area contributed by atoms with E-state index < -0.39 is 0 Å². The molecule has 1 N–H and O–H groups in total. The average molecular weight is 326 g/mol. The molecule has 4 nitrogen and oxygen atoms in total. The molecule has 0 unspecified atom stereocenters. The van der Waals surface area contributed by atoms with Crippen molar-refractivity contribution in [2.45, 2.75) is 26.7 Å². The van der Waals surface area contributed by atoms with Crippen molar-refractivity contribution in [3.8, 4) is 11.3 Å². The van der Waals surface area contributed by atoms with E-state index in [1.165, 1.54) is 16.9 Å². The molecule has 1 aromatic carbocycles. The fourth-order valence-electron chi connectivity index (χ4n) is 2.22. The number of hydrogen-bond donors (Lipinski definition) is 1. The highest BCUT2D eigenvalue weighted by molar-refractivity contribution is 7.14. The van der Waals surface area contributed by atoms with Crippen LogP contribution in [-0.2, 0) is 0 Å². The molecule has 3 rings (SSSR count). The molecule has 0 fully saturated rings. The zero-order valence-corrected chi connectivity index (χ0v) is 14.1. The molecule has 0 aliphatic heterocycles. The Bertz CT molecular complexity index is 816. The van der Waals surface area contributed by atoms with Crippen molar-refractivity contribution in [2.24, 2.45) is 0 Å². The fourth-order valence-corrected chi connectivity index (χ4v) is 2.93. The summed E-state index contributed by atoms with van der Waals surface area (Å²) in [5, 5.41) is 5.27. The van der Waals surface area contributed by atoms with Gasteiger partial charge in [-0.05, 0) is 30.5 Å². The number of carbonyl (C=O) groups is 1. The van der Waals surface area contributed by atoms with Gasteiger partial charge >= 0.3 is 0 Å². The van der Waals surface area contributed by atoms with Gasteiger partial charge in [-0.25, -0.2) is 4.98 Å². The molecule has 0 aliphatic carbocycles. The standard InChI is InChI=1S/C18H18N2O2S/c1-11(2)13-5-7-14(8-6-13)15-10-23-18(19-15)20-17(21)16-9-4-12(3)22-16/h4-11H,1-3H3,(H,19,20,21). The summed E-state index contributed by atoms with van der Waals surface area (Å²) >= 11 is 1.40. The van der Waals surface area contributed by atoms with Crippen molar-refractivity contribution in [3.63, 3.8) is 0 Å². The van der Waals surface area contributed by atoms with E-state index in [1.807, 2.05) is 5.38 Å². The number of nitrogens with one attached hydrogen (secondary N) is 1. The largest absolute Gasteiger partial charge is 0.456 e. The van der Waals surface area contributed by atoms with Crippen molar-refractivity contribution in [1.82, 2.24) is 4.98 Å². The quantitative estimate of drug-likeness (QED) is 0.727. The first-order valence-corrected chi connectivity index (χ1v) is 8.34. The van der Waals surface area contributed by atoms with Crippen LogP contribution >= 0.6 is 11.3 Å². The van der Waals surface area contributed by atoms with Gasteiger partial charge in [0.2, 0.25) is 0 Å². The Balaban J connectivity index is 1.74. The molecule has 0 radical (unpaired) electrons. The van der Waals surface area contributed by atoms with E-state index in [4.69, 9.17) is 4.42 Å². The second-order valence-corrected chi connectivity index (χ2v) is 6.54. The Kier molecular flexibility index (Phi) is 4.30. The third-order valence-corrected chi connectivity index (χ3v) is 4.32. The second kappa shape index (κ2) is 6.38. The Hall–Kier alpha value is -2.40. The van der Waals surface area contributed by atoms with Gasteiger partial charge in [-0.2, -0.15) is 0 Å². The van der Waals surface area contributed by atoms with Crippen molar-refractivity contribution < 1.29 is 9.21 Å². The number of rotatable bonds is 4. The topological polar surface area (TPSA) is 55.1 Å². The fraction of sp³-hybridized carbons (Fsp3) is 0.222. The SMILES string of the molecule is Cc1ccc(C(=O)Nc2nc(-c3ccc(C(C)C)cc3)cs2)o1. The summed E-state index contributed by atoms with van der Waals surface area (Å²) in [6, 6.07) is 11.8. The molecule has 0 aliphatic rings. The maximum absolute atomic E-state index is 12.1. The van der Waals surface area contributed by atoms with Crippen LogP contribution in [0, 0.1) is 6.92 Å². The molecular weight excluding hydrogens is 308 g/mol. The van der Waals surface area contributed by atoms with Crippen molar-refractivity contribution in [3.05, 3.63) is 58.9 Å². The van der Waals surface area contributed by atoms with Gasteiger partial charge in [-0.3, -0.25) is 10.1 Å². The minimum atomic E-state index is -0.283. The van der Waals surface area contributed by atoms with E-state index in [-0.39, 0.29) is 5.91 Å². The third-order valence-electron chi connectivity index (χ3n) is 3.56. The third kappa shape index (κ3) is 3.51. The minimum absolute atomic E-state index is 0.283. The molecule has 1 amide bonds. The van der Waals surface area contributed by atoms with Crippen molar-refractivity contribution in [2.75, 3.05) is 5.32 Å². The lowest BCUT2D eigenvalue weighted by Gasteiger charge is -2.05. The van der Waals surface area contributed by atoms with Crippen LogP contribution in [0.3, 0.4) is 0 Å². The molecule has 2 heterocycles. The maximum atomic E-state index is 12.1. The first-order valence-electron chi connectivity index (χ1n) is 7.46. The number of nitrogens with zero attached hydrogens (tertiary/aromatic N) is 1. The molecule has 3 aromatic rings. The van der Waals surface area contributed by atoms with Gasteiger partial charge in [0.05, 0.1) is 5.69 Å². The lowest BCUT2D eigenvalue weighted by molar-refractivity contribution is 0.0995. The highest BCUT2D eigenvalue weighted by Crippen LogP contribution is 2.26. The van der Waals surface area contributed by atoms with Crippen molar-refractivity contribution in [1.29, 1.82) is 0 Å². The lowest BCUT2D eigenvalue weighted by atomic mass is 10.0. The van der Waals surface area contributed by atoms with E-state index in [0.717, 1.165) is 11.3 Å². The zero-order valence-electron chi connectivity index (χ0n) is 13.3. The van der Waals surface area contributed by atoms with E-state index in [0.29, 0.717) is 22.6 Å².